The molecule has 3 heterocycles. The highest BCUT2D eigenvalue weighted by Crippen LogP contribution is 2.26. The highest BCUT2D eigenvalue weighted by molar-refractivity contribution is 5.76. The van der Waals surface area contributed by atoms with Crippen LogP contribution in [0.1, 0.15) is 38.3 Å². The van der Waals surface area contributed by atoms with Gasteiger partial charge in [0, 0.05) is 70.5 Å². The van der Waals surface area contributed by atoms with E-state index < -0.39 is 0 Å². The molecule has 0 spiro atoms. The molecule has 2 aromatic rings. The molecule has 2 aliphatic heterocycles. The minimum Gasteiger partial charge on any atom is -0.353 e. The smallest absolute Gasteiger partial charge is 0.223 e. The van der Waals surface area contributed by atoms with Gasteiger partial charge >= 0.3 is 0 Å². The number of rotatable bonds is 8. The van der Waals surface area contributed by atoms with Gasteiger partial charge in [-0.15, -0.1) is 0 Å². The van der Waals surface area contributed by atoms with E-state index in [9.17, 15) is 4.79 Å². The zero-order valence-corrected chi connectivity index (χ0v) is 19.6. The predicted molar refractivity (Wildman–Crippen MR) is 130 cm³/mol. The average Bonchev–Trinajstić information content (AvgIpc) is 3.35. The molecule has 1 aromatic carbocycles. The zero-order chi connectivity index (χ0) is 22.3. The van der Waals surface area contributed by atoms with Gasteiger partial charge in [-0.05, 0) is 37.6 Å². The van der Waals surface area contributed by atoms with Gasteiger partial charge in [-0.25, -0.2) is 4.98 Å². The minimum atomic E-state index is 0.289. The van der Waals surface area contributed by atoms with Gasteiger partial charge in [-0.2, -0.15) is 0 Å². The molecule has 1 aromatic heterocycles. The SMILES string of the molecule is CCN(CCC(=O)N1CCN(c2ccccn2)CC1)[C@H]1CCN([C@H](C)c2ccccc2)C1. The Balaban J connectivity index is 1.23. The summed E-state index contributed by atoms with van der Waals surface area (Å²) in [5.74, 6) is 1.30. The number of likely N-dealkylation sites (N-methyl/N-ethyl adjacent to an activating group) is 1. The predicted octanol–water partition coefficient (Wildman–Crippen LogP) is 3.28. The molecule has 0 radical (unpaired) electrons. The van der Waals surface area contributed by atoms with Crippen molar-refractivity contribution < 1.29 is 4.79 Å². The summed E-state index contributed by atoms with van der Waals surface area (Å²) in [6.07, 6.45) is 3.63. The van der Waals surface area contributed by atoms with Gasteiger partial charge in [0.2, 0.25) is 5.91 Å². The van der Waals surface area contributed by atoms with Crippen LogP contribution in [0.25, 0.3) is 0 Å². The Morgan fingerprint density at radius 2 is 1.81 bits per heavy atom. The van der Waals surface area contributed by atoms with Gasteiger partial charge in [0.05, 0.1) is 0 Å². The maximum atomic E-state index is 12.9. The van der Waals surface area contributed by atoms with E-state index in [2.05, 4.69) is 63.9 Å². The van der Waals surface area contributed by atoms with E-state index in [-0.39, 0.29) is 5.91 Å². The van der Waals surface area contributed by atoms with Crippen LogP contribution in [-0.2, 0) is 4.79 Å². The maximum Gasteiger partial charge on any atom is 0.223 e. The largest absolute Gasteiger partial charge is 0.353 e. The summed E-state index contributed by atoms with van der Waals surface area (Å²) in [4.78, 5) is 26.7. The van der Waals surface area contributed by atoms with Crippen molar-refractivity contribution in [2.75, 3.05) is 57.3 Å². The summed E-state index contributed by atoms with van der Waals surface area (Å²) in [6.45, 7) is 11.9. The number of hydrogen-bond acceptors (Lipinski definition) is 5. The Hall–Kier alpha value is -2.44. The monoisotopic (exact) mass is 435 g/mol. The van der Waals surface area contributed by atoms with Crippen molar-refractivity contribution in [1.29, 1.82) is 0 Å². The fraction of sp³-hybridized carbons (Fsp3) is 0.538. The molecule has 2 atom stereocenters. The second-order valence-corrected chi connectivity index (χ2v) is 8.96. The van der Waals surface area contributed by atoms with Crippen molar-refractivity contribution in [3.63, 3.8) is 0 Å². The van der Waals surface area contributed by atoms with Crippen molar-refractivity contribution in [2.24, 2.45) is 0 Å². The van der Waals surface area contributed by atoms with Crippen LogP contribution in [-0.4, -0.2) is 84.0 Å². The number of likely N-dealkylation sites (tertiary alicyclic amines) is 1. The van der Waals surface area contributed by atoms with Gasteiger partial charge in [-0.1, -0.05) is 43.3 Å². The first-order valence-electron chi connectivity index (χ1n) is 12.1. The summed E-state index contributed by atoms with van der Waals surface area (Å²) in [7, 11) is 0. The number of amides is 1. The third-order valence-electron chi connectivity index (χ3n) is 7.17. The van der Waals surface area contributed by atoms with E-state index in [1.807, 2.05) is 29.3 Å². The van der Waals surface area contributed by atoms with Crippen molar-refractivity contribution in [2.45, 2.75) is 38.8 Å². The van der Waals surface area contributed by atoms with E-state index in [1.54, 1.807) is 0 Å². The van der Waals surface area contributed by atoms with E-state index in [0.29, 0.717) is 18.5 Å². The quantitative estimate of drug-likeness (QED) is 0.637. The molecule has 172 valence electrons. The van der Waals surface area contributed by atoms with Gasteiger partial charge in [0.15, 0.2) is 0 Å². The summed E-state index contributed by atoms with van der Waals surface area (Å²) in [6, 6.07) is 17.8. The van der Waals surface area contributed by atoms with E-state index in [0.717, 1.165) is 58.2 Å². The summed E-state index contributed by atoms with van der Waals surface area (Å²) < 4.78 is 0. The van der Waals surface area contributed by atoms with Gasteiger partial charge in [0.1, 0.15) is 5.82 Å². The first-order chi connectivity index (χ1) is 15.7. The second-order valence-electron chi connectivity index (χ2n) is 8.96. The molecule has 4 rings (SSSR count). The standard InChI is InChI=1S/C26H37N5O/c1-3-28(24-12-15-31(21-24)22(2)23-9-5-4-6-10-23)16-13-26(32)30-19-17-29(18-20-30)25-11-7-8-14-27-25/h4-11,14,22,24H,3,12-13,15-21H2,1-2H3/t22-,24+/m1/s1. The highest BCUT2D eigenvalue weighted by atomic mass is 16.2. The molecule has 32 heavy (non-hydrogen) atoms. The molecular formula is C26H37N5O. The molecule has 2 aliphatic rings. The fourth-order valence-electron chi connectivity index (χ4n) is 5.08. The normalized spacial score (nSPS) is 20.7. The average molecular weight is 436 g/mol. The van der Waals surface area contributed by atoms with Crippen LogP contribution >= 0.6 is 0 Å². The first kappa shape index (κ1) is 22.7. The Labute approximate surface area is 192 Å². The number of pyridine rings is 1. The molecule has 2 saturated heterocycles. The fourth-order valence-corrected chi connectivity index (χ4v) is 5.08. The summed E-state index contributed by atoms with van der Waals surface area (Å²) in [5, 5.41) is 0. The lowest BCUT2D eigenvalue weighted by atomic mass is 10.1. The van der Waals surface area contributed by atoms with Crippen LogP contribution in [0.15, 0.2) is 54.7 Å². The van der Waals surface area contributed by atoms with Crippen LogP contribution < -0.4 is 4.90 Å². The molecule has 6 nitrogen and oxygen atoms in total. The van der Waals surface area contributed by atoms with E-state index >= 15 is 0 Å². The number of benzene rings is 1. The topological polar surface area (TPSA) is 42.9 Å². The van der Waals surface area contributed by atoms with Crippen LogP contribution in [0.4, 0.5) is 5.82 Å². The summed E-state index contributed by atoms with van der Waals surface area (Å²) in [5.41, 5.74) is 1.39. The number of anilines is 1. The Kier molecular flexibility index (Phi) is 7.76. The lowest BCUT2D eigenvalue weighted by Crippen LogP contribution is -2.49. The van der Waals surface area contributed by atoms with Gasteiger partial charge in [-0.3, -0.25) is 14.6 Å². The number of aromatic nitrogens is 1. The number of carbonyl (C=O) groups excluding carboxylic acids is 1. The maximum absolute atomic E-state index is 12.9. The highest BCUT2D eigenvalue weighted by Gasteiger charge is 2.30. The Morgan fingerprint density at radius 3 is 2.50 bits per heavy atom. The Bertz CT molecular complexity index is 838. The van der Waals surface area contributed by atoms with Gasteiger partial charge < -0.3 is 9.80 Å². The van der Waals surface area contributed by atoms with Crippen molar-refractivity contribution in [3.8, 4) is 0 Å². The van der Waals surface area contributed by atoms with Crippen molar-refractivity contribution in [3.05, 3.63) is 60.3 Å². The van der Waals surface area contributed by atoms with Crippen LogP contribution in [0.5, 0.6) is 0 Å². The number of hydrogen-bond donors (Lipinski definition) is 0. The molecule has 1 amide bonds. The zero-order valence-electron chi connectivity index (χ0n) is 19.6. The van der Waals surface area contributed by atoms with Crippen LogP contribution in [0.2, 0.25) is 0 Å². The number of carbonyl (C=O) groups is 1. The van der Waals surface area contributed by atoms with E-state index in [1.165, 1.54) is 12.0 Å². The van der Waals surface area contributed by atoms with Crippen molar-refractivity contribution in [1.82, 2.24) is 19.7 Å². The third-order valence-corrected chi connectivity index (χ3v) is 7.17. The molecule has 6 heteroatoms. The Morgan fingerprint density at radius 1 is 1.06 bits per heavy atom. The first-order valence-corrected chi connectivity index (χ1v) is 12.1. The van der Waals surface area contributed by atoms with Crippen molar-refractivity contribution >= 4 is 11.7 Å². The number of piperazine rings is 1. The molecule has 0 bridgehead atoms. The van der Waals surface area contributed by atoms with Crippen LogP contribution in [0, 0.1) is 0 Å². The second kappa shape index (κ2) is 10.9. The minimum absolute atomic E-state index is 0.289. The van der Waals surface area contributed by atoms with Crippen LogP contribution in [0.3, 0.4) is 0 Å². The van der Waals surface area contributed by atoms with E-state index in [4.69, 9.17) is 0 Å². The third kappa shape index (κ3) is 5.48. The lowest BCUT2D eigenvalue weighted by molar-refractivity contribution is -0.131. The molecule has 0 aliphatic carbocycles. The lowest BCUT2D eigenvalue weighted by Gasteiger charge is -2.36. The number of nitrogens with zero attached hydrogens (tertiary/aromatic N) is 5. The molecule has 0 unspecified atom stereocenters. The van der Waals surface area contributed by atoms with Gasteiger partial charge in [0.25, 0.3) is 0 Å². The summed E-state index contributed by atoms with van der Waals surface area (Å²) >= 11 is 0. The molecule has 0 N–H and O–H groups in total. The molecular weight excluding hydrogens is 398 g/mol. The molecule has 0 saturated carbocycles. The molecule has 2 fully saturated rings.